The Morgan fingerprint density at radius 1 is 1.02 bits per heavy atom. The van der Waals surface area contributed by atoms with E-state index >= 15 is 0 Å². The van der Waals surface area contributed by atoms with Gasteiger partial charge in [-0.25, -0.2) is 4.98 Å². The molecule has 0 atom stereocenters. The second-order valence-electron chi connectivity index (χ2n) is 12.6. The van der Waals surface area contributed by atoms with Crippen LogP contribution in [0.3, 0.4) is 0 Å². The van der Waals surface area contributed by atoms with Crippen molar-refractivity contribution in [2.24, 2.45) is 0 Å². The minimum atomic E-state index is 0.290. The van der Waals surface area contributed by atoms with Crippen LogP contribution in [0.5, 0.6) is 5.75 Å². The molecule has 4 aromatic rings. The molecule has 0 amide bonds. The van der Waals surface area contributed by atoms with Crippen LogP contribution in [0.15, 0.2) is 30.5 Å². The van der Waals surface area contributed by atoms with Crippen molar-refractivity contribution in [1.29, 1.82) is 0 Å². The summed E-state index contributed by atoms with van der Waals surface area (Å²) in [7, 11) is 1.76. The van der Waals surface area contributed by atoms with Crippen LogP contribution in [0.1, 0.15) is 81.6 Å². The summed E-state index contributed by atoms with van der Waals surface area (Å²) in [6.45, 7) is 14.2. The summed E-state index contributed by atoms with van der Waals surface area (Å²) in [6.07, 6.45) is 7.73. The SMILES string of the molecule is CCCCCNc1nc(N)nc2ccn(Cc3ccc(CN4CCC(c5nnc6n5CCN(C(C)C)C6)CC4)cc3OC)c12. The number of nitrogens with one attached hydrogen (secondary N) is 1. The maximum atomic E-state index is 6.02. The Balaban J connectivity index is 1.09. The van der Waals surface area contributed by atoms with E-state index < -0.39 is 0 Å². The molecule has 3 N–H and O–H groups in total. The van der Waals surface area contributed by atoms with Crippen molar-refractivity contribution in [1.82, 2.24) is 39.1 Å². The maximum absolute atomic E-state index is 6.02. The summed E-state index contributed by atoms with van der Waals surface area (Å²) >= 11 is 0. The quantitative estimate of drug-likeness (QED) is 0.220. The average Bonchev–Trinajstić information content (AvgIpc) is 3.64. The number of nitrogens with two attached hydrogens (primary N) is 1. The number of unbranched alkanes of at least 4 members (excludes halogenated alkanes) is 2. The van der Waals surface area contributed by atoms with Crippen LogP contribution >= 0.6 is 0 Å². The van der Waals surface area contributed by atoms with Crippen molar-refractivity contribution < 1.29 is 4.74 Å². The lowest BCUT2D eigenvalue weighted by atomic mass is 9.95. The Hall–Kier alpha value is -3.70. The van der Waals surface area contributed by atoms with E-state index in [0.717, 1.165) is 99.1 Å². The van der Waals surface area contributed by atoms with Crippen molar-refractivity contribution in [2.75, 3.05) is 44.3 Å². The minimum absolute atomic E-state index is 0.290. The summed E-state index contributed by atoms with van der Waals surface area (Å²) in [5.41, 5.74) is 10.2. The molecule has 11 nitrogen and oxygen atoms in total. The number of aromatic nitrogens is 6. The molecule has 6 rings (SSSR count). The van der Waals surface area contributed by atoms with Gasteiger partial charge in [0.15, 0.2) is 5.82 Å². The Morgan fingerprint density at radius 3 is 2.64 bits per heavy atom. The van der Waals surface area contributed by atoms with E-state index in [1.165, 1.54) is 24.2 Å². The Morgan fingerprint density at radius 2 is 1.86 bits per heavy atom. The molecule has 3 aromatic heterocycles. The van der Waals surface area contributed by atoms with Crippen LogP contribution in [0.25, 0.3) is 11.0 Å². The zero-order chi connectivity index (χ0) is 30.6. The first kappa shape index (κ1) is 30.3. The summed E-state index contributed by atoms with van der Waals surface area (Å²) in [6, 6.07) is 9.18. The average molecular weight is 601 g/mol. The van der Waals surface area contributed by atoms with Crippen molar-refractivity contribution in [3.63, 3.8) is 0 Å². The van der Waals surface area contributed by atoms with E-state index in [1.807, 2.05) is 6.07 Å². The summed E-state index contributed by atoms with van der Waals surface area (Å²) in [5, 5.41) is 12.7. The molecule has 1 saturated heterocycles. The number of hydrogen-bond acceptors (Lipinski definition) is 9. The van der Waals surface area contributed by atoms with Gasteiger partial charge < -0.3 is 24.9 Å². The van der Waals surface area contributed by atoms with Gasteiger partial charge in [-0.2, -0.15) is 4.98 Å². The molecule has 1 aromatic carbocycles. The molecule has 0 radical (unpaired) electrons. The fourth-order valence-electron chi connectivity index (χ4n) is 6.71. The number of rotatable bonds is 12. The zero-order valence-electron chi connectivity index (χ0n) is 26.8. The molecule has 0 bridgehead atoms. The van der Waals surface area contributed by atoms with Gasteiger partial charge in [0, 0.05) is 49.9 Å². The molecule has 0 unspecified atom stereocenters. The van der Waals surface area contributed by atoms with Gasteiger partial charge in [-0.05, 0) is 63.9 Å². The number of benzene rings is 1. The zero-order valence-corrected chi connectivity index (χ0v) is 26.8. The number of nitrogens with zero attached hydrogens (tertiary/aromatic N) is 8. The van der Waals surface area contributed by atoms with Crippen LogP contribution in [-0.2, 0) is 26.2 Å². The largest absolute Gasteiger partial charge is 0.496 e. The number of anilines is 2. The van der Waals surface area contributed by atoms with E-state index in [1.54, 1.807) is 7.11 Å². The van der Waals surface area contributed by atoms with Gasteiger partial charge in [-0.1, -0.05) is 31.9 Å². The lowest BCUT2D eigenvalue weighted by Crippen LogP contribution is -2.39. The van der Waals surface area contributed by atoms with Gasteiger partial charge >= 0.3 is 0 Å². The highest BCUT2D eigenvalue weighted by molar-refractivity contribution is 5.87. The molecular weight excluding hydrogens is 552 g/mol. The summed E-state index contributed by atoms with van der Waals surface area (Å²) in [5.74, 6) is 4.78. The van der Waals surface area contributed by atoms with Crippen molar-refractivity contribution in [2.45, 2.75) is 91.0 Å². The van der Waals surface area contributed by atoms with Gasteiger partial charge in [-0.15, -0.1) is 10.2 Å². The molecule has 2 aliphatic heterocycles. The predicted octanol–water partition coefficient (Wildman–Crippen LogP) is 4.87. The number of ether oxygens (including phenoxy) is 1. The fourth-order valence-corrected chi connectivity index (χ4v) is 6.71. The first-order valence-corrected chi connectivity index (χ1v) is 16.3. The molecule has 0 saturated carbocycles. The van der Waals surface area contributed by atoms with Crippen molar-refractivity contribution >= 4 is 22.8 Å². The van der Waals surface area contributed by atoms with E-state index in [-0.39, 0.29) is 5.95 Å². The Kier molecular flexibility index (Phi) is 9.32. The first-order chi connectivity index (χ1) is 21.4. The summed E-state index contributed by atoms with van der Waals surface area (Å²) < 4.78 is 10.5. The van der Waals surface area contributed by atoms with E-state index in [0.29, 0.717) is 18.5 Å². The van der Waals surface area contributed by atoms with Crippen LogP contribution < -0.4 is 15.8 Å². The van der Waals surface area contributed by atoms with Crippen LogP contribution in [0.4, 0.5) is 11.8 Å². The molecule has 1 fully saturated rings. The van der Waals surface area contributed by atoms with Crippen molar-refractivity contribution in [3.05, 3.63) is 53.2 Å². The van der Waals surface area contributed by atoms with E-state index in [4.69, 9.17) is 10.5 Å². The van der Waals surface area contributed by atoms with Crippen LogP contribution in [-0.4, -0.2) is 78.4 Å². The van der Waals surface area contributed by atoms with Crippen molar-refractivity contribution in [3.8, 4) is 5.75 Å². The third-order valence-corrected chi connectivity index (χ3v) is 9.29. The molecule has 0 aliphatic carbocycles. The Bertz CT molecular complexity index is 1550. The third kappa shape index (κ3) is 6.53. The number of hydrogen-bond donors (Lipinski definition) is 2. The molecule has 0 spiro atoms. The van der Waals surface area contributed by atoms with Gasteiger partial charge in [0.1, 0.15) is 22.9 Å². The normalized spacial score (nSPS) is 16.6. The van der Waals surface area contributed by atoms with Gasteiger partial charge in [0.05, 0.1) is 25.7 Å². The fraction of sp³-hybridized carbons (Fsp3) is 0.576. The molecule has 5 heterocycles. The highest BCUT2D eigenvalue weighted by Gasteiger charge is 2.29. The van der Waals surface area contributed by atoms with Gasteiger partial charge in [-0.3, -0.25) is 9.80 Å². The monoisotopic (exact) mass is 600 g/mol. The Labute approximate surface area is 260 Å². The third-order valence-electron chi connectivity index (χ3n) is 9.29. The molecule has 2 aliphatic rings. The van der Waals surface area contributed by atoms with Crippen LogP contribution in [0, 0.1) is 0 Å². The number of fused-ring (bicyclic) bond motifs is 2. The van der Waals surface area contributed by atoms with Gasteiger partial charge in [0.25, 0.3) is 0 Å². The lowest BCUT2D eigenvalue weighted by molar-refractivity contribution is 0.167. The van der Waals surface area contributed by atoms with Gasteiger partial charge in [0.2, 0.25) is 5.95 Å². The highest BCUT2D eigenvalue weighted by Crippen LogP contribution is 2.31. The molecule has 236 valence electrons. The maximum Gasteiger partial charge on any atom is 0.222 e. The standard InChI is InChI=1S/C33H48N10O/c1-5-6-7-13-35-31-30-27(36-33(34)37-31)12-16-42(30)21-26-9-8-24(19-28(26)44-4)20-40-14-10-25(11-15-40)32-39-38-29-22-41(23(2)3)17-18-43(29)32/h8-9,12,16,19,23,25H,5-7,10-11,13-15,17-18,20-22H2,1-4H3,(H3,34,35,36,37). The minimum Gasteiger partial charge on any atom is -0.496 e. The summed E-state index contributed by atoms with van der Waals surface area (Å²) in [4.78, 5) is 14.0. The smallest absolute Gasteiger partial charge is 0.222 e. The number of likely N-dealkylation sites (tertiary alicyclic amines) is 1. The lowest BCUT2D eigenvalue weighted by Gasteiger charge is -2.34. The topological polar surface area (TPSA) is 115 Å². The molecular formula is C33H48N10O. The molecule has 11 heteroatoms. The highest BCUT2D eigenvalue weighted by atomic mass is 16.5. The second-order valence-corrected chi connectivity index (χ2v) is 12.6. The van der Waals surface area contributed by atoms with Crippen LogP contribution in [0.2, 0.25) is 0 Å². The predicted molar refractivity (Wildman–Crippen MR) is 175 cm³/mol. The first-order valence-electron chi connectivity index (χ1n) is 16.3. The number of methoxy groups -OCH3 is 1. The molecule has 44 heavy (non-hydrogen) atoms. The van der Waals surface area contributed by atoms with E-state index in [9.17, 15) is 0 Å². The second kappa shape index (κ2) is 13.5. The van der Waals surface area contributed by atoms with E-state index in [2.05, 4.69) is 89.6 Å². The number of piperidine rings is 1. The number of nitrogen functional groups attached to an aromatic ring is 1.